The molecule has 0 bridgehead atoms. The molecule has 0 spiro atoms. The Morgan fingerprint density at radius 2 is 1.56 bits per heavy atom. The van der Waals surface area contributed by atoms with Gasteiger partial charge in [-0.15, -0.1) is 0 Å². The summed E-state index contributed by atoms with van der Waals surface area (Å²) in [5, 5.41) is 8.31. The van der Waals surface area contributed by atoms with Crippen molar-refractivity contribution in [3.05, 3.63) is 58.7 Å². The fraction of sp³-hybridized carbons (Fsp3) is 0.385. The molecular formula is C26H35ClN4O3. The van der Waals surface area contributed by atoms with E-state index in [1.54, 1.807) is 13.8 Å². The lowest BCUT2D eigenvalue weighted by molar-refractivity contribution is 0.245. The van der Waals surface area contributed by atoms with Crippen molar-refractivity contribution >= 4 is 23.4 Å². The van der Waals surface area contributed by atoms with E-state index in [0.29, 0.717) is 31.1 Å². The number of aliphatic hydroxyl groups excluding tert-OH is 1. The van der Waals surface area contributed by atoms with Crippen molar-refractivity contribution in [1.82, 2.24) is 9.97 Å². The molecule has 2 aromatic carbocycles. The molecule has 0 unspecified atom stereocenters. The molecule has 0 aliphatic heterocycles. The summed E-state index contributed by atoms with van der Waals surface area (Å²) in [5.41, 5.74) is 15.6. The number of nitrogens with zero attached hydrogens (tertiary/aromatic N) is 2. The van der Waals surface area contributed by atoms with Crippen LogP contribution in [0, 0.1) is 6.92 Å². The Morgan fingerprint density at radius 3 is 2.21 bits per heavy atom. The molecule has 0 radical (unpaired) electrons. The van der Waals surface area contributed by atoms with Crippen LogP contribution in [0.2, 0.25) is 5.02 Å². The van der Waals surface area contributed by atoms with Gasteiger partial charge in [-0.2, -0.15) is 4.98 Å². The second kappa shape index (κ2) is 14.3. The predicted octanol–water partition coefficient (Wildman–Crippen LogP) is 5.46. The number of hydrogen-bond donors (Lipinski definition) is 3. The SMILES string of the molecule is CCCCc1cc(-c2ccc(Cl)cc2)ccc1OCCCOc1c(C)nc(N)nc1N.CCO. The first-order chi connectivity index (χ1) is 16.4. The average Bonchev–Trinajstić information content (AvgIpc) is 2.80. The third-order valence-electron chi connectivity index (χ3n) is 4.91. The molecule has 0 atom stereocenters. The number of anilines is 2. The number of rotatable bonds is 10. The maximum Gasteiger partial charge on any atom is 0.222 e. The first-order valence-corrected chi connectivity index (χ1v) is 11.9. The molecule has 0 aliphatic carbocycles. The Morgan fingerprint density at radius 1 is 0.912 bits per heavy atom. The van der Waals surface area contributed by atoms with Crippen molar-refractivity contribution in [1.29, 1.82) is 0 Å². The van der Waals surface area contributed by atoms with Crippen LogP contribution in [0.3, 0.4) is 0 Å². The van der Waals surface area contributed by atoms with E-state index in [1.807, 2.05) is 30.3 Å². The summed E-state index contributed by atoms with van der Waals surface area (Å²) in [6.45, 7) is 6.90. The van der Waals surface area contributed by atoms with Gasteiger partial charge in [-0.05, 0) is 67.6 Å². The number of aryl methyl sites for hydroxylation is 2. The molecule has 5 N–H and O–H groups in total. The van der Waals surface area contributed by atoms with Gasteiger partial charge >= 0.3 is 0 Å². The monoisotopic (exact) mass is 486 g/mol. The number of aromatic nitrogens is 2. The van der Waals surface area contributed by atoms with E-state index >= 15 is 0 Å². The van der Waals surface area contributed by atoms with Gasteiger partial charge in [0.15, 0.2) is 11.6 Å². The summed E-state index contributed by atoms with van der Waals surface area (Å²) in [7, 11) is 0. The van der Waals surface area contributed by atoms with Crippen LogP contribution in [0.15, 0.2) is 42.5 Å². The van der Waals surface area contributed by atoms with Crippen molar-refractivity contribution in [2.45, 2.75) is 46.5 Å². The highest BCUT2D eigenvalue weighted by Crippen LogP contribution is 2.29. The minimum Gasteiger partial charge on any atom is -0.493 e. The van der Waals surface area contributed by atoms with Gasteiger partial charge in [0, 0.05) is 18.1 Å². The molecule has 1 heterocycles. The van der Waals surface area contributed by atoms with Crippen LogP contribution >= 0.6 is 11.6 Å². The van der Waals surface area contributed by atoms with Gasteiger partial charge in [0.05, 0.1) is 18.9 Å². The van der Waals surface area contributed by atoms with Gasteiger partial charge in [-0.1, -0.05) is 43.1 Å². The fourth-order valence-corrected chi connectivity index (χ4v) is 3.43. The maximum absolute atomic E-state index is 7.57. The highest BCUT2D eigenvalue weighted by molar-refractivity contribution is 6.30. The van der Waals surface area contributed by atoms with E-state index < -0.39 is 0 Å². The van der Waals surface area contributed by atoms with Crippen LogP contribution in [-0.2, 0) is 6.42 Å². The van der Waals surface area contributed by atoms with Gasteiger partial charge < -0.3 is 26.0 Å². The molecule has 0 saturated heterocycles. The Kier molecular flexibility index (Phi) is 11.4. The second-order valence-electron chi connectivity index (χ2n) is 7.68. The lowest BCUT2D eigenvalue weighted by Gasteiger charge is -2.14. The van der Waals surface area contributed by atoms with Crippen molar-refractivity contribution in [2.75, 3.05) is 31.3 Å². The Hall–Kier alpha value is -3.03. The van der Waals surface area contributed by atoms with E-state index in [4.69, 9.17) is 37.6 Å². The minimum absolute atomic E-state index is 0.146. The third kappa shape index (κ3) is 8.39. The number of aliphatic hydroxyl groups is 1. The summed E-state index contributed by atoms with van der Waals surface area (Å²) in [5.74, 6) is 1.79. The molecule has 1 aromatic heterocycles. The average molecular weight is 487 g/mol. The number of benzene rings is 2. The molecule has 7 nitrogen and oxygen atoms in total. The summed E-state index contributed by atoms with van der Waals surface area (Å²) in [6.07, 6.45) is 3.92. The highest BCUT2D eigenvalue weighted by Gasteiger charge is 2.10. The number of ether oxygens (including phenoxy) is 2. The van der Waals surface area contributed by atoms with Crippen LogP contribution in [0.25, 0.3) is 11.1 Å². The van der Waals surface area contributed by atoms with Gasteiger partial charge in [-0.25, -0.2) is 4.98 Å². The Balaban J connectivity index is 0.00000129. The molecule has 0 aliphatic rings. The minimum atomic E-state index is 0.146. The second-order valence-corrected chi connectivity index (χ2v) is 8.12. The van der Waals surface area contributed by atoms with E-state index in [0.717, 1.165) is 41.2 Å². The summed E-state index contributed by atoms with van der Waals surface area (Å²) in [6, 6.07) is 14.2. The Bertz CT molecular complexity index is 1010. The lowest BCUT2D eigenvalue weighted by atomic mass is 9.99. The number of nitrogens with two attached hydrogens (primary N) is 2. The molecule has 34 heavy (non-hydrogen) atoms. The quantitative estimate of drug-likeness (QED) is 0.326. The van der Waals surface area contributed by atoms with Crippen molar-refractivity contribution in [3.8, 4) is 22.6 Å². The maximum atomic E-state index is 7.57. The normalized spacial score (nSPS) is 10.4. The molecular weight excluding hydrogens is 452 g/mol. The van der Waals surface area contributed by atoms with Crippen molar-refractivity contribution in [2.24, 2.45) is 0 Å². The van der Waals surface area contributed by atoms with Gasteiger partial charge in [-0.3, -0.25) is 0 Å². The molecule has 3 aromatic rings. The lowest BCUT2D eigenvalue weighted by Crippen LogP contribution is -2.10. The van der Waals surface area contributed by atoms with E-state index in [2.05, 4.69) is 29.0 Å². The molecule has 8 heteroatoms. The number of halogens is 1. The molecule has 3 rings (SSSR count). The zero-order valence-corrected chi connectivity index (χ0v) is 20.9. The standard InChI is InChI=1S/C24H29ClN4O2.C2H6O/c1-3-4-6-19-15-18(17-7-10-20(25)11-8-17)9-12-21(19)30-13-5-14-31-22-16(2)28-24(27)29-23(22)26;1-2-3/h7-12,15H,3-6,13-14H2,1-2H3,(H4,26,27,28,29);3H,2H2,1H3. The molecule has 0 saturated carbocycles. The summed E-state index contributed by atoms with van der Waals surface area (Å²) >= 11 is 6.02. The van der Waals surface area contributed by atoms with Crippen LogP contribution < -0.4 is 20.9 Å². The van der Waals surface area contributed by atoms with Crippen LogP contribution in [0.5, 0.6) is 11.5 Å². The number of hydrogen-bond acceptors (Lipinski definition) is 7. The van der Waals surface area contributed by atoms with Crippen LogP contribution in [0.4, 0.5) is 11.8 Å². The smallest absolute Gasteiger partial charge is 0.222 e. The predicted molar refractivity (Wildman–Crippen MR) is 139 cm³/mol. The summed E-state index contributed by atoms with van der Waals surface area (Å²) < 4.78 is 11.8. The Labute approximate surface area is 207 Å². The first-order valence-electron chi connectivity index (χ1n) is 11.5. The van der Waals surface area contributed by atoms with E-state index in [1.165, 1.54) is 5.56 Å². The topological polar surface area (TPSA) is 117 Å². The third-order valence-corrected chi connectivity index (χ3v) is 5.16. The summed E-state index contributed by atoms with van der Waals surface area (Å²) in [4.78, 5) is 8.02. The highest BCUT2D eigenvalue weighted by atomic mass is 35.5. The van der Waals surface area contributed by atoms with Crippen molar-refractivity contribution in [3.63, 3.8) is 0 Å². The molecule has 0 fully saturated rings. The van der Waals surface area contributed by atoms with E-state index in [9.17, 15) is 0 Å². The largest absolute Gasteiger partial charge is 0.493 e. The van der Waals surface area contributed by atoms with Gasteiger partial charge in [0.1, 0.15) is 5.75 Å². The molecule has 0 amide bonds. The van der Waals surface area contributed by atoms with Crippen LogP contribution in [-0.4, -0.2) is 34.9 Å². The zero-order valence-electron chi connectivity index (χ0n) is 20.2. The van der Waals surface area contributed by atoms with Crippen LogP contribution in [0.1, 0.15) is 44.4 Å². The van der Waals surface area contributed by atoms with Gasteiger partial charge in [0.2, 0.25) is 5.95 Å². The zero-order chi connectivity index (χ0) is 24.9. The number of unbranched alkanes of at least 4 members (excludes halogenated alkanes) is 1. The van der Waals surface area contributed by atoms with Crippen molar-refractivity contribution < 1.29 is 14.6 Å². The fourth-order valence-electron chi connectivity index (χ4n) is 3.31. The molecule has 184 valence electrons. The van der Waals surface area contributed by atoms with Gasteiger partial charge in [0.25, 0.3) is 0 Å². The first kappa shape index (κ1) is 27.2. The van der Waals surface area contributed by atoms with E-state index in [-0.39, 0.29) is 18.4 Å². The number of nitrogen functional groups attached to an aromatic ring is 2.